The topological polar surface area (TPSA) is 70.0 Å². The summed E-state index contributed by atoms with van der Waals surface area (Å²) in [6.07, 6.45) is 1.40. The monoisotopic (exact) mass is 274 g/mol. The number of amides is 1. The Labute approximate surface area is 115 Å². The SMILES string of the molecule is Cc1ccccc1C(Sc1cccc[n+]1[O-])C(N)=O. The van der Waals surface area contributed by atoms with Crippen LogP contribution in [0.1, 0.15) is 16.4 Å². The quantitative estimate of drug-likeness (QED) is 0.526. The third-order valence-electron chi connectivity index (χ3n) is 2.76. The van der Waals surface area contributed by atoms with Crippen LogP contribution in [0.2, 0.25) is 0 Å². The molecule has 0 saturated carbocycles. The Morgan fingerprint density at radius 2 is 1.95 bits per heavy atom. The minimum atomic E-state index is -0.566. The van der Waals surface area contributed by atoms with E-state index in [1.165, 1.54) is 18.0 Å². The molecule has 4 nitrogen and oxygen atoms in total. The highest BCUT2D eigenvalue weighted by Gasteiger charge is 2.24. The van der Waals surface area contributed by atoms with E-state index in [9.17, 15) is 10.0 Å². The van der Waals surface area contributed by atoms with Gasteiger partial charge in [0, 0.05) is 12.1 Å². The summed E-state index contributed by atoms with van der Waals surface area (Å²) in [6, 6.07) is 12.6. The van der Waals surface area contributed by atoms with Crippen LogP contribution >= 0.6 is 11.8 Å². The van der Waals surface area contributed by atoms with E-state index in [4.69, 9.17) is 5.73 Å². The first-order valence-corrected chi connectivity index (χ1v) is 6.67. The van der Waals surface area contributed by atoms with Gasteiger partial charge in [0.1, 0.15) is 5.25 Å². The van der Waals surface area contributed by atoms with Crippen molar-refractivity contribution < 1.29 is 9.52 Å². The van der Waals surface area contributed by atoms with E-state index in [0.29, 0.717) is 5.03 Å². The van der Waals surface area contributed by atoms with Crippen molar-refractivity contribution in [1.29, 1.82) is 0 Å². The maximum Gasteiger partial charge on any atom is 0.252 e. The van der Waals surface area contributed by atoms with E-state index in [2.05, 4.69) is 0 Å². The fourth-order valence-electron chi connectivity index (χ4n) is 1.78. The van der Waals surface area contributed by atoms with Gasteiger partial charge in [0.15, 0.2) is 6.20 Å². The van der Waals surface area contributed by atoms with Crippen molar-refractivity contribution in [3.63, 3.8) is 0 Å². The second kappa shape index (κ2) is 5.75. The molecule has 1 aromatic heterocycles. The number of benzene rings is 1. The van der Waals surface area contributed by atoms with Gasteiger partial charge in [-0.1, -0.05) is 24.3 Å². The first-order chi connectivity index (χ1) is 9.09. The van der Waals surface area contributed by atoms with Crippen molar-refractivity contribution in [3.8, 4) is 0 Å². The molecule has 1 unspecified atom stereocenters. The highest BCUT2D eigenvalue weighted by molar-refractivity contribution is 8.00. The van der Waals surface area contributed by atoms with Crippen LogP contribution in [0.25, 0.3) is 0 Å². The molecule has 2 rings (SSSR count). The molecule has 0 fully saturated rings. The van der Waals surface area contributed by atoms with E-state index >= 15 is 0 Å². The van der Waals surface area contributed by atoms with Crippen LogP contribution in [-0.2, 0) is 4.79 Å². The maximum absolute atomic E-state index is 11.7. The highest BCUT2D eigenvalue weighted by Crippen LogP contribution is 2.34. The summed E-state index contributed by atoms with van der Waals surface area (Å²) in [6.45, 7) is 1.92. The lowest BCUT2D eigenvalue weighted by Crippen LogP contribution is -2.29. The first kappa shape index (κ1) is 13.4. The Bertz CT molecular complexity index is 602. The predicted octanol–water partition coefficient (Wildman–Crippen LogP) is 1.95. The minimum Gasteiger partial charge on any atom is -0.618 e. The lowest BCUT2D eigenvalue weighted by molar-refractivity contribution is -0.645. The van der Waals surface area contributed by atoms with Crippen molar-refractivity contribution >= 4 is 17.7 Å². The summed E-state index contributed by atoms with van der Waals surface area (Å²) >= 11 is 1.17. The molecule has 1 amide bonds. The number of hydrogen-bond donors (Lipinski definition) is 1. The second-order valence-corrected chi connectivity index (χ2v) is 5.25. The molecular formula is C14H14N2O2S. The highest BCUT2D eigenvalue weighted by atomic mass is 32.2. The molecule has 1 aromatic carbocycles. The van der Waals surface area contributed by atoms with Crippen molar-refractivity contribution in [2.24, 2.45) is 5.73 Å². The lowest BCUT2D eigenvalue weighted by atomic mass is 10.1. The van der Waals surface area contributed by atoms with Gasteiger partial charge in [-0.15, -0.1) is 0 Å². The number of thioether (sulfide) groups is 1. The van der Waals surface area contributed by atoms with Crippen LogP contribution in [0.5, 0.6) is 0 Å². The van der Waals surface area contributed by atoms with Gasteiger partial charge in [-0.05, 0) is 35.9 Å². The number of rotatable bonds is 4. The number of hydrogen-bond acceptors (Lipinski definition) is 3. The molecule has 0 bridgehead atoms. The van der Waals surface area contributed by atoms with Crippen LogP contribution in [0.4, 0.5) is 0 Å². The number of primary amides is 1. The van der Waals surface area contributed by atoms with E-state index in [1.807, 2.05) is 31.2 Å². The van der Waals surface area contributed by atoms with Gasteiger partial charge in [-0.25, -0.2) is 0 Å². The number of aromatic nitrogens is 1. The summed E-state index contributed by atoms with van der Waals surface area (Å²) in [5, 5.41) is 11.5. The van der Waals surface area contributed by atoms with E-state index in [0.717, 1.165) is 15.9 Å². The van der Waals surface area contributed by atoms with Crippen molar-refractivity contribution in [2.75, 3.05) is 0 Å². The lowest BCUT2D eigenvalue weighted by Gasteiger charge is -2.14. The molecule has 1 heterocycles. The van der Waals surface area contributed by atoms with Crippen molar-refractivity contribution in [3.05, 3.63) is 65.0 Å². The molecule has 19 heavy (non-hydrogen) atoms. The molecule has 5 heteroatoms. The van der Waals surface area contributed by atoms with Crippen LogP contribution < -0.4 is 10.5 Å². The third kappa shape index (κ3) is 3.06. The van der Waals surface area contributed by atoms with Gasteiger partial charge < -0.3 is 10.9 Å². The molecule has 1 atom stereocenters. The van der Waals surface area contributed by atoms with Crippen LogP contribution in [0.3, 0.4) is 0 Å². The maximum atomic E-state index is 11.7. The van der Waals surface area contributed by atoms with Crippen LogP contribution in [0, 0.1) is 12.1 Å². The average molecular weight is 274 g/mol. The van der Waals surface area contributed by atoms with Crippen molar-refractivity contribution in [1.82, 2.24) is 0 Å². The van der Waals surface area contributed by atoms with Gasteiger partial charge in [-0.3, -0.25) is 4.79 Å². The zero-order valence-electron chi connectivity index (χ0n) is 10.4. The molecule has 0 saturated heterocycles. The smallest absolute Gasteiger partial charge is 0.252 e. The van der Waals surface area contributed by atoms with Crippen LogP contribution in [-0.4, -0.2) is 5.91 Å². The molecule has 2 aromatic rings. The van der Waals surface area contributed by atoms with Gasteiger partial charge in [0.05, 0.1) is 0 Å². The van der Waals surface area contributed by atoms with Gasteiger partial charge in [-0.2, -0.15) is 4.73 Å². The Morgan fingerprint density at radius 1 is 1.26 bits per heavy atom. The Kier molecular flexibility index (Phi) is 4.06. The Hall–Kier alpha value is -2.01. The average Bonchev–Trinajstić information content (AvgIpc) is 2.38. The summed E-state index contributed by atoms with van der Waals surface area (Å²) in [5.74, 6) is -0.455. The first-order valence-electron chi connectivity index (χ1n) is 5.79. The minimum absolute atomic E-state index is 0.453. The van der Waals surface area contributed by atoms with Gasteiger partial charge in [0.25, 0.3) is 5.03 Å². The Balaban J connectivity index is 2.35. The third-order valence-corrected chi connectivity index (χ3v) is 4.04. The van der Waals surface area contributed by atoms with Gasteiger partial charge in [0.2, 0.25) is 5.91 Å². The summed E-state index contributed by atoms with van der Waals surface area (Å²) in [4.78, 5) is 11.7. The number of nitrogens with zero attached hydrogens (tertiary/aromatic N) is 1. The largest absolute Gasteiger partial charge is 0.618 e. The fraction of sp³-hybridized carbons (Fsp3) is 0.143. The number of nitrogens with two attached hydrogens (primary N) is 1. The molecule has 0 spiro atoms. The normalized spacial score (nSPS) is 12.1. The molecule has 2 N–H and O–H groups in total. The summed E-state index contributed by atoms with van der Waals surface area (Å²) in [7, 11) is 0. The van der Waals surface area contributed by atoms with Gasteiger partial charge >= 0.3 is 0 Å². The zero-order valence-corrected chi connectivity index (χ0v) is 11.3. The number of carbonyl (C=O) groups is 1. The molecular weight excluding hydrogens is 260 g/mol. The molecule has 0 aliphatic heterocycles. The Morgan fingerprint density at radius 3 is 2.58 bits per heavy atom. The molecule has 98 valence electrons. The van der Waals surface area contributed by atoms with E-state index < -0.39 is 11.2 Å². The molecule has 0 aliphatic rings. The molecule has 0 aliphatic carbocycles. The van der Waals surface area contributed by atoms with Crippen LogP contribution in [0.15, 0.2) is 53.7 Å². The number of pyridine rings is 1. The molecule has 0 radical (unpaired) electrons. The summed E-state index contributed by atoms with van der Waals surface area (Å²) < 4.78 is 0.735. The fourth-order valence-corrected chi connectivity index (χ4v) is 2.85. The van der Waals surface area contributed by atoms with E-state index in [1.54, 1.807) is 18.2 Å². The predicted molar refractivity (Wildman–Crippen MR) is 74.4 cm³/mol. The standard InChI is InChI=1S/C14H14N2O2S/c1-10-6-2-3-7-11(10)13(14(15)17)19-12-8-4-5-9-16(12)18/h2-9,13H,1H3,(H2,15,17). The second-order valence-electron chi connectivity index (χ2n) is 4.12. The van der Waals surface area contributed by atoms with E-state index in [-0.39, 0.29) is 0 Å². The number of aryl methyl sites for hydroxylation is 1. The van der Waals surface area contributed by atoms with Crippen molar-refractivity contribution in [2.45, 2.75) is 17.2 Å². The zero-order chi connectivity index (χ0) is 13.8. The number of carbonyl (C=O) groups excluding carboxylic acids is 1. The summed E-state index contributed by atoms with van der Waals surface area (Å²) in [5.41, 5.74) is 7.28.